The molecule has 0 aliphatic rings. The average molecular weight is 350 g/mol. The van der Waals surface area contributed by atoms with Gasteiger partial charge in [-0.25, -0.2) is 8.42 Å². The number of aryl methyl sites for hydroxylation is 1. The van der Waals surface area contributed by atoms with Crippen LogP contribution in [0.15, 0.2) is 52.2 Å². The summed E-state index contributed by atoms with van der Waals surface area (Å²) in [5.74, 6) is 0.642. The van der Waals surface area contributed by atoms with Gasteiger partial charge in [0.1, 0.15) is 5.75 Å². The van der Waals surface area contributed by atoms with E-state index < -0.39 is 10.0 Å². The van der Waals surface area contributed by atoms with Crippen molar-refractivity contribution >= 4 is 37.3 Å². The number of hydrogen-bond donors (Lipinski definition) is 1. The van der Waals surface area contributed by atoms with E-state index in [-0.39, 0.29) is 9.77 Å². The molecule has 0 unspecified atom stereocenters. The number of thiazole rings is 1. The van der Waals surface area contributed by atoms with E-state index in [1.54, 1.807) is 44.5 Å². The van der Waals surface area contributed by atoms with E-state index in [2.05, 4.69) is 4.72 Å². The zero-order valence-corrected chi connectivity index (χ0v) is 14.1. The minimum absolute atomic E-state index is 0.114. The standard InChI is InChI=1S/C15H14N2O4S2/c1-17-13-8-7-12(9-14(13)22-15(17)18)23(19,20)16-10-3-5-11(21-2)6-4-10/h3-9,16H,1-2H3. The number of fused-ring (bicyclic) bond motifs is 1. The lowest BCUT2D eigenvalue weighted by Gasteiger charge is -2.09. The number of sulfonamides is 1. The van der Waals surface area contributed by atoms with Gasteiger partial charge in [0.25, 0.3) is 10.0 Å². The molecule has 1 heterocycles. The van der Waals surface area contributed by atoms with E-state index in [4.69, 9.17) is 4.74 Å². The second-order valence-corrected chi connectivity index (χ2v) is 7.57. The van der Waals surface area contributed by atoms with Crippen LogP contribution >= 0.6 is 11.3 Å². The Kier molecular flexibility index (Phi) is 3.87. The molecule has 0 aliphatic heterocycles. The first-order chi connectivity index (χ1) is 10.9. The van der Waals surface area contributed by atoms with Crippen molar-refractivity contribution in [3.05, 3.63) is 52.1 Å². The SMILES string of the molecule is COc1ccc(NS(=O)(=O)c2ccc3c(c2)sc(=O)n3C)cc1. The molecule has 6 nitrogen and oxygen atoms in total. The number of rotatable bonds is 4. The fourth-order valence-electron chi connectivity index (χ4n) is 2.15. The Hall–Kier alpha value is -2.32. The highest BCUT2D eigenvalue weighted by molar-refractivity contribution is 7.92. The zero-order valence-electron chi connectivity index (χ0n) is 12.4. The van der Waals surface area contributed by atoms with Crippen molar-refractivity contribution in [3.63, 3.8) is 0 Å². The lowest BCUT2D eigenvalue weighted by atomic mass is 10.3. The molecule has 0 amide bonds. The van der Waals surface area contributed by atoms with Crippen molar-refractivity contribution in [1.82, 2.24) is 4.57 Å². The van der Waals surface area contributed by atoms with E-state index in [0.717, 1.165) is 11.3 Å². The summed E-state index contributed by atoms with van der Waals surface area (Å²) >= 11 is 1.02. The van der Waals surface area contributed by atoms with Crippen LogP contribution in [0.3, 0.4) is 0 Å². The summed E-state index contributed by atoms with van der Waals surface area (Å²) in [6, 6.07) is 11.2. The van der Waals surface area contributed by atoms with Crippen molar-refractivity contribution < 1.29 is 13.2 Å². The lowest BCUT2D eigenvalue weighted by Crippen LogP contribution is -2.12. The molecule has 120 valence electrons. The van der Waals surface area contributed by atoms with Gasteiger partial charge in [0, 0.05) is 12.7 Å². The molecular weight excluding hydrogens is 336 g/mol. The third-order valence-electron chi connectivity index (χ3n) is 3.42. The molecule has 0 radical (unpaired) electrons. The molecule has 3 aromatic rings. The molecule has 0 aliphatic carbocycles. The highest BCUT2D eigenvalue weighted by atomic mass is 32.2. The number of anilines is 1. The number of methoxy groups -OCH3 is 1. The number of hydrogen-bond acceptors (Lipinski definition) is 5. The molecule has 0 atom stereocenters. The van der Waals surface area contributed by atoms with Crippen LogP contribution in [-0.2, 0) is 17.1 Å². The van der Waals surface area contributed by atoms with Crippen LogP contribution in [0.2, 0.25) is 0 Å². The van der Waals surface area contributed by atoms with Crippen LogP contribution < -0.4 is 14.3 Å². The zero-order chi connectivity index (χ0) is 16.6. The summed E-state index contributed by atoms with van der Waals surface area (Å²) in [4.78, 5) is 11.6. The third kappa shape index (κ3) is 2.95. The van der Waals surface area contributed by atoms with Crippen molar-refractivity contribution in [3.8, 4) is 5.75 Å². The largest absolute Gasteiger partial charge is 0.497 e. The Morgan fingerprint density at radius 3 is 2.48 bits per heavy atom. The van der Waals surface area contributed by atoms with E-state index in [1.807, 2.05) is 0 Å². The highest BCUT2D eigenvalue weighted by Crippen LogP contribution is 2.23. The Morgan fingerprint density at radius 1 is 1.13 bits per heavy atom. The van der Waals surface area contributed by atoms with Gasteiger partial charge in [-0.1, -0.05) is 11.3 Å². The average Bonchev–Trinajstić information content (AvgIpc) is 2.82. The summed E-state index contributed by atoms with van der Waals surface area (Å²) in [6.45, 7) is 0. The summed E-state index contributed by atoms with van der Waals surface area (Å²) in [6.07, 6.45) is 0. The number of ether oxygens (including phenoxy) is 1. The van der Waals surface area contributed by atoms with E-state index in [1.165, 1.54) is 16.7 Å². The van der Waals surface area contributed by atoms with Gasteiger partial charge in [0.15, 0.2) is 0 Å². The van der Waals surface area contributed by atoms with Gasteiger partial charge < -0.3 is 9.30 Å². The van der Waals surface area contributed by atoms with Crippen molar-refractivity contribution in [2.24, 2.45) is 7.05 Å². The topological polar surface area (TPSA) is 77.4 Å². The van der Waals surface area contributed by atoms with Gasteiger partial charge in [0.2, 0.25) is 0 Å². The number of aromatic nitrogens is 1. The highest BCUT2D eigenvalue weighted by Gasteiger charge is 2.16. The predicted octanol–water partition coefficient (Wildman–Crippen LogP) is 2.41. The van der Waals surface area contributed by atoms with E-state index in [0.29, 0.717) is 21.7 Å². The van der Waals surface area contributed by atoms with Crippen LogP contribution in [0.25, 0.3) is 10.2 Å². The molecule has 0 saturated carbocycles. The summed E-state index contributed by atoms with van der Waals surface area (Å²) in [5.41, 5.74) is 1.15. The first-order valence-electron chi connectivity index (χ1n) is 6.67. The molecular formula is C15H14N2O4S2. The van der Waals surface area contributed by atoms with Gasteiger partial charge in [-0.3, -0.25) is 9.52 Å². The maximum atomic E-state index is 12.5. The smallest absolute Gasteiger partial charge is 0.307 e. The van der Waals surface area contributed by atoms with Gasteiger partial charge in [-0.05, 0) is 42.5 Å². The maximum Gasteiger partial charge on any atom is 0.307 e. The molecule has 0 saturated heterocycles. The van der Waals surface area contributed by atoms with Crippen LogP contribution in [0, 0.1) is 0 Å². The number of nitrogens with zero attached hydrogens (tertiary/aromatic N) is 1. The molecule has 0 spiro atoms. The number of benzene rings is 2. The van der Waals surface area contributed by atoms with E-state index >= 15 is 0 Å². The molecule has 23 heavy (non-hydrogen) atoms. The Bertz CT molecular complexity index is 1020. The molecule has 1 aromatic heterocycles. The molecule has 2 aromatic carbocycles. The first-order valence-corrected chi connectivity index (χ1v) is 8.97. The molecule has 3 rings (SSSR count). The maximum absolute atomic E-state index is 12.5. The van der Waals surface area contributed by atoms with Crippen LogP contribution in [-0.4, -0.2) is 20.1 Å². The van der Waals surface area contributed by atoms with Gasteiger partial charge in [-0.2, -0.15) is 0 Å². The summed E-state index contributed by atoms with van der Waals surface area (Å²) in [7, 11) is -0.524. The van der Waals surface area contributed by atoms with Gasteiger partial charge in [0.05, 0.1) is 22.2 Å². The van der Waals surface area contributed by atoms with Crippen molar-refractivity contribution in [2.45, 2.75) is 4.90 Å². The second-order valence-electron chi connectivity index (χ2n) is 4.89. The molecule has 0 fully saturated rings. The Balaban J connectivity index is 1.96. The second kappa shape index (κ2) is 5.71. The molecule has 1 N–H and O–H groups in total. The molecule has 8 heteroatoms. The Morgan fingerprint density at radius 2 is 1.83 bits per heavy atom. The van der Waals surface area contributed by atoms with Crippen LogP contribution in [0.4, 0.5) is 5.69 Å². The summed E-state index contributed by atoms with van der Waals surface area (Å²) < 4.78 is 34.6. The van der Waals surface area contributed by atoms with Crippen molar-refractivity contribution in [1.29, 1.82) is 0 Å². The van der Waals surface area contributed by atoms with Crippen LogP contribution in [0.5, 0.6) is 5.75 Å². The van der Waals surface area contributed by atoms with Gasteiger partial charge in [-0.15, -0.1) is 0 Å². The van der Waals surface area contributed by atoms with Gasteiger partial charge >= 0.3 is 4.87 Å². The minimum Gasteiger partial charge on any atom is -0.497 e. The monoisotopic (exact) mass is 350 g/mol. The summed E-state index contributed by atoms with van der Waals surface area (Å²) in [5, 5.41) is 0. The van der Waals surface area contributed by atoms with E-state index in [9.17, 15) is 13.2 Å². The first kappa shape index (κ1) is 15.6. The Labute approximate surface area is 137 Å². The molecule has 0 bridgehead atoms. The minimum atomic E-state index is -3.72. The van der Waals surface area contributed by atoms with Crippen LogP contribution in [0.1, 0.15) is 0 Å². The fourth-order valence-corrected chi connectivity index (χ4v) is 4.23. The van der Waals surface area contributed by atoms with Crippen molar-refractivity contribution in [2.75, 3.05) is 11.8 Å². The predicted molar refractivity (Wildman–Crippen MR) is 90.9 cm³/mol. The fraction of sp³-hybridized carbons (Fsp3) is 0.133. The quantitative estimate of drug-likeness (QED) is 0.784. The normalized spacial score (nSPS) is 11.6. The third-order valence-corrected chi connectivity index (χ3v) is 5.79. The lowest BCUT2D eigenvalue weighted by molar-refractivity contribution is 0.415. The number of nitrogens with one attached hydrogen (secondary N) is 1.